The van der Waals surface area contributed by atoms with Gasteiger partial charge in [0.2, 0.25) is 0 Å². The summed E-state index contributed by atoms with van der Waals surface area (Å²) >= 11 is 0. The van der Waals surface area contributed by atoms with Crippen LogP contribution in [0.2, 0.25) is 0 Å². The molecule has 1 N–H and O–H groups in total. The van der Waals surface area contributed by atoms with Gasteiger partial charge in [-0.2, -0.15) is 0 Å². The van der Waals surface area contributed by atoms with Gasteiger partial charge < -0.3 is 19.2 Å². The van der Waals surface area contributed by atoms with Crippen LogP contribution >= 0.6 is 0 Å². The molecule has 0 saturated carbocycles. The first-order valence-corrected chi connectivity index (χ1v) is 9.55. The third kappa shape index (κ3) is 4.35. The summed E-state index contributed by atoms with van der Waals surface area (Å²) in [7, 11) is 0. The number of hydrogen-bond acceptors (Lipinski definition) is 6. The van der Waals surface area contributed by atoms with Gasteiger partial charge in [-0.15, -0.1) is 0 Å². The first-order chi connectivity index (χ1) is 14.3. The van der Waals surface area contributed by atoms with E-state index >= 15 is 0 Å². The lowest BCUT2D eigenvalue weighted by Gasteiger charge is -2.12. The summed E-state index contributed by atoms with van der Waals surface area (Å²) in [5.74, 6) is -0.316. The molecule has 3 rings (SSSR count). The fourth-order valence-electron chi connectivity index (χ4n) is 3.03. The molecule has 3 aromatic rings. The highest BCUT2D eigenvalue weighted by atomic mass is 16.5. The van der Waals surface area contributed by atoms with Gasteiger partial charge in [-0.1, -0.05) is 0 Å². The van der Waals surface area contributed by atoms with Crippen LogP contribution in [0.4, 0.5) is 5.69 Å². The fraction of sp³-hybridized carbons (Fsp3) is 0.261. The van der Waals surface area contributed by atoms with Gasteiger partial charge in [-0.25, -0.2) is 9.59 Å². The maximum absolute atomic E-state index is 12.2. The van der Waals surface area contributed by atoms with E-state index in [1.807, 2.05) is 13.0 Å². The molecule has 0 bridgehead atoms. The van der Waals surface area contributed by atoms with Crippen LogP contribution in [-0.4, -0.2) is 25.1 Å². The number of esters is 1. The summed E-state index contributed by atoms with van der Waals surface area (Å²) in [6.07, 6.45) is 0. The summed E-state index contributed by atoms with van der Waals surface area (Å²) < 4.78 is 16.0. The van der Waals surface area contributed by atoms with Crippen LogP contribution in [-0.2, 0) is 9.53 Å². The molecule has 0 atom stereocenters. The Hall–Kier alpha value is -3.61. The molecular formula is C23H23NO6. The summed E-state index contributed by atoms with van der Waals surface area (Å²) in [6, 6.07) is 9.96. The molecule has 0 fully saturated rings. The third-order valence-corrected chi connectivity index (χ3v) is 4.86. The van der Waals surface area contributed by atoms with Crippen molar-refractivity contribution >= 4 is 28.5 Å². The van der Waals surface area contributed by atoms with E-state index in [1.54, 1.807) is 51.1 Å². The van der Waals surface area contributed by atoms with Gasteiger partial charge in [0, 0.05) is 22.2 Å². The fourth-order valence-corrected chi connectivity index (χ4v) is 3.03. The minimum absolute atomic E-state index is 0.221. The van der Waals surface area contributed by atoms with Crippen LogP contribution < -0.4 is 15.7 Å². The molecule has 1 aromatic heterocycles. The lowest BCUT2D eigenvalue weighted by molar-refractivity contribution is -0.118. The average Bonchev–Trinajstić information content (AvgIpc) is 2.73. The highest BCUT2D eigenvalue weighted by Crippen LogP contribution is 2.29. The molecule has 1 amide bonds. The second-order valence-corrected chi connectivity index (χ2v) is 6.84. The van der Waals surface area contributed by atoms with E-state index in [4.69, 9.17) is 13.9 Å². The summed E-state index contributed by atoms with van der Waals surface area (Å²) in [6.45, 7) is 7.19. The van der Waals surface area contributed by atoms with Crippen molar-refractivity contribution in [3.63, 3.8) is 0 Å². The minimum Gasteiger partial charge on any atom is -0.483 e. The average molecular weight is 409 g/mol. The van der Waals surface area contributed by atoms with Crippen LogP contribution in [0.25, 0.3) is 11.0 Å². The summed E-state index contributed by atoms with van der Waals surface area (Å²) in [5, 5.41) is 3.54. The quantitative estimate of drug-likeness (QED) is 0.490. The zero-order valence-electron chi connectivity index (χ0n) is 17.3. The Balaban J connectivity index is 1.68. The first-order valence-electron chi connectivity index (χ1n) is 9.55. The molecule has 30 heavy (non-hydrogen) atoms. The monoisotopic (exact) mass is 409 g/mol. The molecule has 1 heterocycles. The molecule has 0 aliphatic rings. The van der Waals surface area contributed by atoms with E-state index in [9.17, 15) is 14.4 Å². The predicted octanol–water partition coefficient (Wildman–Crippen LogP) is 3.91. The maximum atomic E-state index is 12.2. The Kier molecular flexibility index (Phi) is 6.20. The molecule has 156 valence electrons. The van der Waals surface area contributed by atoms with Crippen molar-refractivity contribution in [2.24, 2.45) is 0 Å². The number of nitrogens with one attached hydrogen (secondary N) is 1. The van der Waals surface area contributed by atoms with Crippen LogP contribution in [0, 0.1) is 20.8 Å². The standard InChI is InChI=1S/C23H23NO6/c1-5-28-23(27)16-6-8-17(9-7-16)24-20(25)12-29-19-11-10-18-13(2)14(3)22(26)30-21(18)15(19)4/h6-11H,5,12H2,1-4H3,(H,24,25). The molecule has 7 nitrogen and oxygen atoms in total. The van der Waals surface area contributed by atoms with Gasteiger partial charge in [0.1, 0.15) is 11.3 Å². The van der Waals surface area contributed by atoms with Crippen molar-refractivity contribution in [2.45, 2.75) is 27.7 Å². The van der Waals surface area contributed by atoms with Crippen molar-refractivity contribution in [3.8, 4) is 5.75 Å². The Morgan fingerprint density at radius 1 is 0.967 bits per heavy atom. The van der Waals surface area contributed by atoms with Gasteiger partial charge in [-0.05, 0) is 69.7 Å². The molecule has 0 unspecified atom stereocenters. The van der Waals surface area contributed by atoms with E-state index in [-0.39, 0.29) is 18.1 Å². The lowest BCUT2D eigenvalue weighted by Crippen LogP contribution is -2.20. The number of ether oxygens (including phenoxy) is 2. The molecule has 7 heteroatoms. The van der Waals surface area contributed by atoms with Crippen molar-refractivity contribution < 1.29 is 23.5 Å². The van der Waals surface area contributed by atoms with Gasteiger partial charge in [0.05, 0.1) is 12.2 Å². The molecule has 2 aromatic carbocycles. The normalized spacial score (nSPS) is 10.7. The number of carbonyl (C=O) groups is 2. The van der Waals surface area contributed by atoms with E-state index in [0.29, 0.717) is 40.3 Å². The Labute approximate surface area is 173 Å². The Morgan fingerprint density at radius 2 is 1.67 bits per heavy atom. The summed E-state index contributed by atoms with van der Waals surface area (Å²) in [4.78, 5) is 35.9. The second-order valence-electron chi connectivity index (χ2n) is 6.84. The van der Waals surface area contributed by atoms with Gasteiger partial charge in [0.25, 0.3) is 5.91 Å². The van der Waals surface area contributed by atoms with Crippen molar-refractivity contribution in [1.82, 2.24) is 0 Å². The largest absolute Gasteiger partial charge is 0.483 e. The first kappa shape index (κ1) is 21.1. The second kappa shape index (κ2) is 8.82. The highest BCUT2D eigenvalue weighted by Gasteiger charge is 2.14. The van der Waals surface area contributed by atoms with Crippen LogP contribution in [0.1, 0.15) is 34.0 Å². The number of anilines is 1. The zero-order chi connectivity index (χ0) is 21.8. The van der Waals surface area contributed by atoms with Crippen molar-refractivity contribution in [1.29, 1.82) is 0 Å². The molecule has 0 radical (unpaired) electrons. The molecule has 0 saturated heterocycles. The van der Waals surface area contributed by atoms with Gasteiger partial charge in [-0.3, -0.25) is 4.79 Å². The number of hydrogen-bond donors (Lipinski definition) is 1. The van der Waals surface area contributed by atoms with Crippen molar-refractivity contribution in [2.75, 3.05) is 18.5 Å². The number of aryl methyl sites for hydroxylation is 2. The zero-order valence-corrected chi connectivity index (χ0v) is 17.3. The molecule has 0 aliphatic heterocycles. The van der Waals surface area contributed by atoms with Gasteiger partial charge in [0.15, 0.2) is 6.61 Å². The SMILES string of the molecule is CCOC(=O)c1ccc(NC(=O)COc2ccc3c(C)c(C)c(=O)oc3c2C)cc1. The number of rotatable bonds is 6. The van der Waals surface area contributed by atoms with Crippen LogP contribution in [0.15, 0.2) is 45.6 Å². The van der Waals surface area contributed by atoms with Crippen LogP contribution in [0.5, 0.6) is 5.75 Å². The van der Waals surface area contributed by atoms with E-state index in [1.165, 1.54) is 0 Å². The lowest BCUT2D eigenvalue weighted by atomic mass is 10.0. The molecule has 0 spiro atoms. The number of benzene rings is 2. The van der Waals surface area contributed by atoms with E-state index < -0.39 is 5.97 Å². The number of amides is 1. The molecule has 0 aliphatic carbocycles. The number of fused-ring (bicyclic) bond motifs is 1. The maximum Gasteiger partial charge on any atom is 0.339 e. The summed E-state index contributed by atoms with van der Waals surface area (Å²) in [5.41, 5.74) is 3.09. The highest BCUT2D eigenvalue weighted by molar-refractivity contribution is 5.94. The van der Waals surface area contributed by atoms with Gasteiger partial charge >= 0.3 is 11.6 Å². The third-order valence-electron chi connectivity index (χ3n) is 4.86. The van der Waals surface area contributed by atoms with E-state index in [2.05, 4.69) is 5.32 Å². The Morgan fingerprint density at radius 3 is 2.33 bits per heavy atom. The van der Waals surface area contributed by atoms with Crippen LogP contribution in [0.3, 0.4) is 0 Å². The smallest absolute Gasteiger partial charge is 0.339 e. The number of carbonyl (C=O) groups excluding carboxylic acids is 2. The predicted molar refractivity (Wildman–Crippen MR) is 113 cm³/mol. The molecular weight excluding hydrogens is 386 g/mol. The van der Waals surface area contributed by atoms with E-state index in [0.717, 1.165) is 10.9 Å². The van der Waals surface area contributed by atoms with Crippen molar-refractivity contribution in [3.05, 3.63) is 69.1 Å². The topological polar surface area (TPSA) is 94.8 Å². The Bertz CT molecular complexity index is 1160. The minimum atomic E-state index is -0.414.